The molecule has 0 spiro atoms. The molecule has 0 aliphatic heterocycles. The number of hydrogen-bond donors (Lipinski definition) is 0. The van der Waals surface area contributed by atoms with Gasteiger partial charge < -0.3 is 9.69 Å². The zero-order valence-corrected chi connectivity index (χ0v) is 13.8. The van der Waals surface area contributed by atoms with E-state index in [1.807, 2.05) is 74.8 Å². The number of hydrogen-bond acceptors (Lipinski definition) is 2. The molecule has 2 aromatic carbocycles. The van der Waals surface area contributed by atoms with E-state index in [0.717, 1.165) is 0 Å². The van der Waals surface area contributed by atoms with Crippen LogP contribution < -0.4 is 0 Å². The van der Waals surface area contributed by atoms with Crippen molar-refractivity contribution in [3.63, 3.8) is 0 Å². The maximum atomic E-state index is 9.45. The molecule has 0 aromatic heterocycles. The van der Waals surface area contributed by atoms with Crippen LogP contribution in [0.2, 0.25) is 0 Å². The molecule has 19 heavy (non-hydrogen) atoms. The van der Waals surface area contributed by atoms with Gasteiger partial charge in [-0.15, -0.1) is 0 Å². The Morgan fingerprint density at radius 1 is 0.842 bits per heavy atom. The van der Waals surface area contributed by atoms with Crippen molar-refractivity contribution in [1.82, 2.24) is 4.90 Å². The van der Waals surface area contributed by atoms with E-state index in [4.69, 9.17) is 0 Å². The van der Waals surface area contributed by atoms with Gasteiger partial charge in [0.25, 0.3) is 0 Å². The number of rotatable bonds is 2. The summed E-state index contributed by atoms with van der Waals surface area (Å²) in [5, 5.41) is 0. The van der Waals surface area contributed by atoms with Crippen LogP contribution in [0, 0.1) is 12.1 Å². The number of benzene rings is 2. The first-order valence-corrected chi connectivity index (χ1v) is 5.59. The van der Waals surface area contributed by atoms with Gasteiger partial charge in [-0.05, 0) is 14.1 Å². The van der Waals surface area contributed by atoms with Gasteiger partial charge in [0, 0.05) is 0 Å². The molecule has 0 unspecified atom stereocenters. The smallest absolute Gasteiger partial charge is 0.541 e. The predicted octanol–water partition coefficient (Wildman–Crippen LogP) is 2.63. The van der Waals surface area contributed by atoms with Gasteiger partial charge >= 0.3 is 26.2 Å². The predicted molar refractivity (Wildman–Crippen MR) is 74.8 cm³/mol. The maximum Gasteiger partial charge on any atom is 3.00 e. The van der Waals surface area contributed by atoms with E-state index in [1.165, 1.54) is 0 Å². The first-order chi connectivity index (χ1) is 8.77. The van der Waals surface area contributed by atoms with Crippen molar-refractivity contribution in [2.45, 2.75) is 0 Å². The molecule has 2 rings (SSSR count). The quantitative estimate of drug-likeness (QED) is 0.789. The minimum atomic E-state index is 0. The fraction of sp³-hybridized carbons (Fsp3) is 0.188. The van der Waals surface area contributed by atoms with E-state index in [9.17, 15) is 4.79 Å². The molecule has 1 radical (unpaired) electrons. The molecular formula is C16H18NOZr. The summed E-state index contributed by atoms with van der Waals surface area (Å²) in [6.07, 6.45) is 1.74. The molecule has 0 atom stereocenters. The molecule has 3 heteroatoms. The topological polar surface area (TPSA) is 20.3 Å². The van der Waals surface area contributed by atoms with Gasteiger partial charge in [0.2, 0.25) is 0 Å². The van der Waals surface area contributed by atoms with Crippen LogP contribution in [0.15, 0.2) is 60.7 Å². The molecule has 97 valence electrons. The second-order valence-corrected chi connectivity index (χ2v) is 3.54. The molecule has 0 heterocycles. The fourth-order valence-corrected chi connectivity index (χ4v) is 0.813. The van der Waals surface area contributed by atoms with Crippen molar-refractivity contribution in [3.8, 4) is 0 Å². The number of nitrogens with zero attached hydrogens (tertiary/aromatic N) is 1. The first kappa shape index (κ1) is 20.3. The zero-order valence-electron chi connectivity index (χ0n) is 11.3. The van der Waals surface area contributed by atoms with E-state index in [-0.39, 0.29) is 26.2 Å². The minimum Gasteiger partial charge on any atom is -0.541 e. The van der Waals surface area contributed by atoms with Crippen LogP contribution in [0.3, 0.4) is 0 Å². The number of likely N-dealkylation sites (N-methyl/N-ethyl adjacent to an activating group) is 1. The maximum absolute atomic E-state index is 9.45. The van der Waals surface area contributed by atoms with Crippen molar-refractivity contribution < 1.29 is 31.0 Å². The van der Waals surface area contributed by atoms with Crippen LogP contribution in [0.4, 0.5) is 0 Å². The van der Waals surface area contributed by atoms with Crippen molar-refractivity contribution in [2.75, 3.05) is 20.6 Å². The van der Waals surface area contributed by atoms with Crippen LogP contribution >= 0.6 is 0 Å². The Hall–Kier alpha value is -1.05. The molecule has 2 aromatic rings. The van der Waals surface area contributed by atoms with E-state index in [2.05, 4.69) is 12.1 Å². The summed E-state index contributed by atoms with van der Waals surface area (Å²) in [5.74, 6) is 0. The van der Waals surface area contributed by atoms with E-state index in [1.54, 1.807) is 11.2 Å². The van der Waals surface area contributed by atoms with Crippen molar-refractivity contribution in [1.29, 1.82) is 0 Å². The van der Waals surface area contributed by atoms with Crippen LogP contribution in [-0.4, -0.2) is 31.8 Å². The third-order valence-electron chi connectivity index (χ3n) is 1.60. The third kappa shape index (κ3) is 19.5. The minimum absolute atomic E-state index is 0. The van der Waals surface area contributed by atoms with E-state index in [0.29, 0.717) is 6.54 Å². The summed E-state index contributed by atoms with van der Waals surface area (Å²) in [6, 6.07) is 25.0. The normalized spacial score (nSPS) is 7.95. The van der Waals surface area contributed by atoms with Crippen molar-refractivity contribution in [2.24, 2.45) is 0 Å². The van der Waals surface area contributed by atoms with Gasteiger partial charge in [0.15, 0.2) is 0 Å². The van der Waals surface area contributed by atoms with Gasteiger partial charge in [-0.1, -0.05) is 6.54 Å². The molecule has 0 N–H and O–H groups in total. The van der Waals surface area contributed by atoms with Gasteiger partial charge in [-0.2, -0.15) is 72.8 Å². The second kappa shape index (κ2) is 17.0. The van der Waals surface area contributed by atoms with E-state index >= 15 is 0 Å². The molecule has 2 nitrogen and oxygen atoms in total. The summed E-state index contributed by atoms with van der Waals surface area (Å²) >= 11 is 0. The Kier molecular flexibility index (Phi) is 18.1. The van der Waals surface area contributed by atoms with Gasteiger partial charge in [0.1, 0.15) is 0 Å². The SMILES string of the molecule is CN(C)C[C-]=O.[Zr+3].[c-]1ccccc1.[c-]1ccccc1. The van der Waals surface area contributed by atoms with Crippen molar-refractivity contribution in [3.05, 3.63) is 72.8 Å². The average Bonchev–Trinajstić information content (AvgIpc) is 2.44. The zero-order chi connectivity index (χ0) is 13.5. The van der Waals surface area contributed by atoms with Crippen molar-refractivity contribution >= 4 is 6.29 Å². The molecule has 0 fully saturated rings. The molecule has 0 aliphatic carbocycles. The molecule has 0 saturated carbocycles. The molecule has 0 bridgehead atoms. The van der Waals surface area contributed by atoms with Crippen LogP contribution in [0.5, 0.6) is 0 Å². The van der Waals surface area contributed by atoms with Crippen LogP contribution in [0.25, 0.3) is 0 Å². The average molecular weight is 332 g/mol. The molecule has 0 amide bonds. The fourth-order valence-electron chi connectivity index (χ4n) is 0.813. The van der Waals surface area contributed by atoms with E-state index < -0.39 is 0 Å². The van der Waals surface area contributed by atoms with Gasteiger partial charge in [0.05, 0.1) is 0 Å². The number of carbonyl (C=O) groups excluding carboxylic acids is 1. The largest absolute Gasteiger partial charge is 3.00 e. The third-order valence-corrected chi connectivity index (χ3v) is 1.60. The monoisotopic (exact) mass is 330 g/mol. The summed E-state index contributed by atoms with van der Waals surface area (Å²) in [7, 11) is 3.65. The van der Waals surface area contributed by atoms with Crippen LogP contribution in [0.1, 0.15) is 0 Å². The Bertz CT molecular complexity index is 280. The standard InChI is InChI=1S/2C6H5.C4H8NO.Zr/c2*1-2-4-6-5-3-1;1-5(2)3-4-6;/h2*1-5H;3H2,1-2H3;/q3*-1;+3. The Balaban J connectivity index is 0. The molecule has 0 saturated heterocycles. The summed E-state index contributed by atoms with van der Waals surface area (Å²) in [6.45, 7) is 0.403. The summed E-state index contributed by atoms with van der Waals surface area (Å²) in [4.78, 5) is 11.2. The van der Waals surface area contributed by atoms with Crippen LogP contribution in [-0.2, 0) is 31.0 Å². The van der Waals surface area contributed by atoms with Gasteiger partial charge in [-0.25, -0.2) is 6.29 Å². The Morgan fingerprint density at radius 3 is 1.26 bits per heavy atom. The second-order valence-electron chi connectivity index (χ2n) is 3.54. The first-order valence-electron chi connectivity index (χ1n) is 5.59. The summed E-state index contributed by atoms with van der Waals surface area (Å²) < 4.78 is 0. The Labute approximate surface area is 135 Å². The molecular weight excluding hydrogens is 313 g/mol. The molecule has 0 aliphatic rings. The van der Waals surface area contributed by atoms with Gasteiger partial charge in [-0.3, -0.25) is 0 Å². The summed E-state index contributed by atoms with van der Waals surface area (Å²) in [5.41, 5.74) is 0. The Morgan fingerprint density at radius 2 is 1.21 bits per heavy atom.